The number of hydrogen-bond donors (Lipinski definition) is 2. The lowest BCUT2D eigenvalue weighted by molar-refractivity contribution is -0.137. The van der Waals surface area contributed by atoms with Crippen LogP contribution in [0.25, 0.3) is 0 Å². The fourth-order valence-corrected chi connectivity index (χ4v) is 1.22. The average Bonchev–Trinajstić information content (AvgIpc) is 2.35. The van der Waals surface area contributed by atoms with Gasteiger partial charge in [0.15, 0.2) is 0 Å². The molecule has 7 heteroatoms. The van der Waals surface area contributed by atoms with Gasteiger partial charge >= 0.3 is 6.18 Å². The van der Waals surface area contributed by atoms with Crippen LogP contribution in [0.15, 0.2) is 35.9 Å². The third-order valence-corrected chi connectivity index (χ3v) is 2.13. The van der Waals surface area contributed by atoms with E-state index < -0.39 is 24.3 Å². The van der Waals surface area contributed by atoms with Crippen LogP contribution in [0, 0.1) is 11.3 Å². The Bertz CT molecular complexity index is 527. The fourth-order valence-electron chi connectivity index (χ4n) is 1.22. The van der Waals surface area contributed by atoms with Gasteiger partial charge in [0.05, 0.1) is 12.2 Å². The maximum Gasteiger partial charge on any atom is 0.416 e. The number of amides is 1. The van der Waals surface area contributed by atoms with E-state index in [4.69, 9.17) is 10.4 Å². The molecule has 0 aliphatic rings. The quantitative estimate of drug-likeness (QED) is 0.652. The van der Waals surface area contributed by atoms with Gasteiger partial charge in [0.25, 0.3) is 5.91 Å². The maximum absolute atomic E-state index is 12.3. The molecule has 1 rings (SSSR count). The largest absolute Gasteiger partial charge is 0.416 e. The highest BCUT2D eigenvalue weighted by atomic mass is 19.4. The van der Waals surface area contributed by atoms with Gasteiger partial charge in [-0.2, -0.15) is 18.4 Å². The molecule has 0 bridgehead atoms. The van der Waals surface area contributed by atoms with Gasteiger partial charge in [-0.1, -0.05) is 0 Å². The van der Waals surface area contributed by atoms with Crippen LogP contribution in [0.2, 0.25) is 0 Å². The highest BCUT2D eigenvalue weighted by Gasteiger charge is 2.29. The smallest absolute Gasteiger partial charge is 0.392 e. The number of carbonyl (C=O) groups excluding carboxylic acids is 1. The van der Waals surface area contributed by atoms with Crippen LogP contribution >= 0.6 is 0 Å². The van der Waals surface area contributed by atoms with Crippen molar-refractivity contribution in [2.75, 3.05) is 11.9 Å². The number of nitrogens with zero attached hydrogens (tertiary/aromatic N) is 1. The van der Waals surface area contributed by atoms with Crippen molar-refractivity contribution in [1.82, 2.24) is 0 Å². The molecule has 0 aliphatic heterocycles. The van der Waals surface area contributed by atoms with Gasteiger partial charge in [0.1, 0.15) is 11.6 Å². The first-order valence-corrected chi connectivity index (χ1v) is 5.08. The molecule has 0 fully saturated rings. The molecule has 1 aromatic carbocycles. The summed E-state index contributed by atoms with van der Waals surface area (Å²) in [5, 5.41) is 19.4. The molecular weight excluding hydrogens is 261 g/mol. The minimum Gasteiger partial charge on any atom is -0.392 e. The molecule has 4 nitrogen and oxygen atoms in total. The van der Waals surface area contributed by atoms with Crippen molar-refractivity contribution in [3.63, 3.8) is 0 Å². The van der Waals surface area contributed by atoms with Gasteiger partial charge in [-0.25, -0.2) is 0 Å². The van der Waals surface area contributed by atoms with Crippen LogP contribution in [-0.2, 0) is 11.0 Å². The zero-order valence-electron chi connectivity index (χ0n) is 9.53. The van der Waals surface area contributed by atoms with Crippen molar-refractivity contribution in [1.29, 1.82) is 5.26 Å². The Balaban J connectivity index is 2.82. The van der Waals surface area contributed by atoms with E-state index in [2.05, 4.69) is 5.32 Å². The zero-order chi connectivity index (χ0) is 14.5. The first-order valence-electron chi connectivity index (χ1n) is 5.08. The third-order valence-electron chi connectivity index (χ3n) is 2.13. The van der Waals surface area contributed by atoms with Crippen molar-refractivity contribution < 1.29 is 23.1 Å². The van der Waals surface area contributed by atoms with Crippen LogP contribution in [0.5, 0.6) is 0 Å². The number of carbonyl (C=O) groups is 1. The van der Waals surface area contributed by atoms with E-state index in [1.165, 1.54) is 0 Å². The summed E-state index contributed by atoms with van der Waals surface area (Å²) in [4.78, 5) is 11.5. The summed E-state index contributed by atoms with van der Waals surface area (Å²) in [6, 6.07) is 5.36. The highest BCUT2D eigenvalue weighted by Crippen LogP contribution is 2.29. The fraction of sp³-hybridized carbons (Fsp3) is 0.167. The van der Waals surface area contributed by atoms with E-state index in [1.54, 1.807) is 6.07 Å². The number of alkyl halides is 3. The molecule has 0 saturated heterocycles. The van der Waals surface area contributed by atoms with Gasteiger partial charge in [-0.15, -0.1) is 0 Å². The summed E-state index contributed by atoms with van der Waals surface area (Å²) in [6.45, 7) is -0.483. The topological polar surface area (TPSA) is 73.1 Å². The van der Waals surface area contributed by atoms with Crippen molar-refractivity contribution in [3.05, 3.63) is 41.5 Å². The minimum absolute atomic E-state index is 0.122. The Morgan fingerprint density at radius 2 is 1.95 bits per heavy atom. The van der Waals surface area contributed by atoms with Crippen molar-refractivity contribution in [2.45, 2.75) is 6.18 Å². The van der Waals surface area contributed by atoms with E-state index in [0.29, 0.717) is 0 Å². The molecular formula is C12H9F3N2O2. The monoisotopic (exact) mass is 270 g/mol. The number of benzene rings is 1. The Labute approximate surface area is 106 Å². The molecule has 19 heavy (non-hydrogen) atoms. The molecule has 0 aliphatic carbocycles. The summed E-state index contributed by atoms with van der Waals surface area (Å²) in [5.74, 6) is -0.795. The summed E-state index contributed by atoms with van der Waals surface area (Å²) in [5.41, 5.74) is -1.03. The molecule has 0 unspecified atom stereocenters. The Morgan fingerprint density at radius 3 is 2.37 bits per heavy atom. The second kappa shape index (κ2) is 6.02. The highest BCUT2D eigenvalue weighted by molar-refractivity contribution is 6.06. The number of anilines is 1. The molecule has 0 heterocycles. The molecule has 1 aromatic rings. The van der Waals surface area contributed by atoms with Gasteiger partial charge in [-0.05, 0) is 30.3 Å². The standard InChI is InChI=1S/C12H9F3N2O2/c13-12(14,15)9-1-3-10(4-2-9)17-11(19)8(7-16)5-6-18/h1-5,18H,6H2,(H,17,19)/b8-5+. The van der Waals surface area contributed by atoms with Crippen LogP contribution < -0.4 is 5.32 Å². The first-order chi connectivity index (χ1) is 8.88. The Kier molecular flexibility index (Phi) is 4.67. The minimum atomic E-state index is -4.45. The zero-order valence-corrected chi connectivity index (χ0v) is 9.53. The van der Waals surface area contributed by atoms with Crippen LogP contribution in [0.4, 0.5) is 18.9 Å². The predicted octanol–water partition coefficient (Wildman–Crippen LogP) is 2.09. The number of aliphatic hydroxyl groups excluding tert-OH is 1. The molecule has 0 spiro atoms. The molecule has 0 saturated carbocycles. The predicted molar refractivity (Wildman–Crippen MR) is 60.9 cm³/mol. The summed E-state index contributed by atoms with van der Waals surface area (Å²) >= 11 is 0. The molecule has 1 amide bonds. The molecule has 100 valence electrons. The molecule has 0 atom stereocenters. The van der Waals surface area contributed by atoms with Crippen molar-refractivity contribution in [2.24, 2.45) is 0 Å². The SMILES string of the molecule is N#C/C(=C\CO)C(=O)Nc1ccc(C(F)(F)F)cc1. The normalized spacial score (nSPS) is 11.8. The average molecular weight is 270 g/mol. The van der Waals surface area contributed by atoms with E-state index in [0.717, 1.165) is 30.3 Å². The second-order valence-corrected chi connectivity index (χ2v) is 3.44. The third kappa shape index (κ3) is 4.12. The van der Waals surface area contributed by atoms with Gasteiger partial charge < -0.3 is 10.4 Å². The summed E-state index contributed by atoms with van der Waals surface area (Å²) in [6.07, 6.45) is -3.45. The first kappa shape index (κ1) is 14.7. The number of hydrogen-bond acceptors (Lipinski definition) is 3. The van der Waals surface area contributed by atoms with Gasteiger partial charge in [0.2, 0.25) is 0 Å². The van der Waals surface area contributed by atoms with Crippen LogP contribution in [0.3, 0.4) is 0 Å². The Hall–Kier alpha value is -2.33. The molecule has 0 radical (unpaired) electrons. The summed E-state index contributed by atoms with van der Waals surface area (Å²) in [7, 11) is 0. The lowest BCUT2D eigenvalue weighted by Crippen LogP contribution is -2.14. The maximum atomic E-state index is 12.3. The van der Waals surface area contributed by atoms with Crippen molar-refractivity contribution in [3.8, 4) is 6.07 Å². The number of nitriles is 1. The molecule has 2 N–H and O–H groups in total. The van der Waals surface area contributed by atoms with Crippen LogP contribution in [-0.4, -0.2) is 17.6 Å². The van der Waals surface area contributed by atoms with E-state index in [-0.39, 0.29) is 11.3 Å². The van der Waals surface area contributed by atoms with E-state index in [9.17, 15) is 18.0 Å². The van der Waals surface area contributed by atoms with Gasteiger partial charge in [0, 0.05) is 5.69 Å². The van der Waals surface area contributed by atoms with E-state index in [1.807, 2.05) is 0 Å². The number of halogens is 3. The Morgan fingerprint density at radius 1 is 1.37 bits per heavy atom. The lowest BCUT2D eigenvalue weighted by Gasteiger charge is -2.08. The van der Waals surface area contributed by atoms with E-state index >= 15 is 0 Å². The lowest BCUT2D eigenvalue weighted by atomic mass is 10.2. The van der Waals surface area contributed by atoms with Crippen molar-refractivity contribution >= 4 is 11.6 Å². The molecule has 0 aromatic heterocycles. The number of rotatable bonds is 3. The van der Waals surface area contributed by atoms with Crippen LogP contribution in [0.1, 0.15) is 5.56 Å². The number of nitrogens with one attached hydrogen (secondary N) is 1. The second-order valence-electron chi connectivity index (χ2n) is 3.44. The summed E-state index contributed by atoms with van der Waals surface area (Å²) < 4.78 is 36.9. The van der Waals surface area contributed by atoms with Gasteiger partial charge in [-0.3, -0.25) is 4.79 Å². The number of aliphatic hydroxyl groups is 1.